The van der Waals surface area contributed by atoms with Gasteiger partial charge < -0.3 is 20.6 Å². The number of hydrogen-bond acceptors (Lipinski definition) is 4. The highest BCUT2D eigenvalue weighted by Gasteiger charge is 2.27. The Morgan fingerprint density at radius 3 is 2.65 bits per heavy atom. The predicted octanol–water partition coefficient (Wildman–Crippen LogP) is -0.638. The highest BCUT2D eigenvalue weighted by Crippen LogP contribution is 2.12. The Morgan fingerprint density at radius 1 is 1.47 bits per heavy atom. The first kappa shape index (κ1) is 13.6. The van der Waals surface area contributed by atoms with Gasteiger partial charge in [0, 0.05) is 13.0 Å². The van der Waals surface area contributed by atoms with Crippen molar-refractivity contribution in [1.29, 1.82) is 0 Å². The summed E-state index contributed by atoms with van der Waals surface area (Å²) in [6.07, 6.45) is 1.14. The second-order valence-corrected chi connectivity index (χ2v) is 4.26. The van der Waals surface area contributed by atoms with E-state index in [0.717, 1.165) is 0 Å². The van der Waals surface area contributed by atoms with Gasteiger partial charge in [-0.15, -0.1) is 0 Å². The maximum absolute atomic E-state index is 11.7. The van der Waals surface area contributed by atoms with Crippen LogP contribution >= 0.6 is 0 Å². The van der Waals surface area contributed by atoms with Crippen LogP contribution in [0.4, 0.5) is 0 Å². The first-order valence-electron chi connectivity index (χ1n) is 5.67. The van der Waals surface area contributed by atoms with Crippen LogP contribution in [0.1, 0.15) is 26.2 Å². The van der Waals surface area contributed by atoms with Crippen LogP contribution in [-0.4, -0.2) is 36.9 Å². The lowest BCUT2D eigenvalue weighted by molar-refractivity contribution is -0.130. The van der Waals surface area contributed by atoms with Gasteiger partial charge in [-0.05, 0) is 19.8 Å². The molecule has 1 fully saturated rings. The number of hydrogen-bond donors (Lipinski definition) is 2. The molecule has 2 amide bonds. The molecule has 6 heteroatoms. The zero-order valence-corrected chi connectivity index (χ0v) is 9.90. The molecule has 0 unspecified atom stereocenters. The molecular formula is C11H18N2O4. The van der Waals surface area contributed by atoms with E-state index in [9.17, 15) is 14.4 Å². The van der Waals surface area contributed by atoms with E-state index in [1.54, 1.807) is 0 Å². The smallest absolute Gasteiger partial charge is 0.240 e. The van der Waals surface area contributed by atoms with Crippen molar-refractivity contribution in [3.05, 3.63) is 0 Å². The Kier molecular flexibility index (Phi) is 5.09. The molecule has 1 heterocycles. The number of ether oxygens (including phenoxy) is 1. The lowest BCUT2D eigenvalue weighted by Crippen LogP contribution is -2.46. The van der Waals surface area contributed by atoms with Crippen molar-refractivity contribution < 1.29 is 19.1 Å². The molecule has 17 heavy (non-hydrogen) atoms. The zero-order chi connectivity index (χ0) is 12.8. The summed E-state index contributed by atoms with van der Waals surface area (Å²) in [4.78, 5) is 33.7. The first-order chi connectivity index (χ1) is 8.00. The lowest BCUT2D eigenvalue weighted by atomic mass is 10.1. The minimum Gasteiger partial charge on any atom is -0.381 e. The minimum atomic E-state index is -0.771. The van der Waals surface area contributed by atoms with Crippen molar-refractivity contribution in [2.75, 3.05) is 13.2 Å². The lowest BCUT2D eigenvalue weighted by Gasteiger charge is -2.16. The van der Waals surface area contributed by atoms with Crippen LogP contribution in [0, 0.1) is 5.92 Å². The molecule has 2 atom stereocenters. The van der Waals surface area contributed by atoms with Crippen molar-refractivity contribution in [2.24, 2.45) is 11.7 Å². The van der Waals surface area contributed by atoms with Gasteiger partial charge in [-0.3, -0.25) is 9.59 Å². The summed E-state index contributed by atoms with van der Waals surface area (Å²) in [6, 6.07) is -0.771. The average Bonchev–Trinajstić information content (AvgIpc) is 2.76. The van der Waals surface area contributed by atoms with Crippen LogP contribution in [0.15, 0.2) is 0 Å². The molecule has 0 aromatic rings. The van der Waals surface area contributed by atoms with Gasteiger partial charge in [0.25, 0.3) is 0 Å². The Balaban J connectivity index is 2.44. The summed E-state index contributed by atoms with van der Waals surface area (Å²) >= 11 is 0. The van der Waals surface area contributed by atoms with Crippen molar-refractivity contribution in [2.45, 2.75) is 32.2 Å². The standard InChI is InChI=1S/C11H18N2O4/c1-7(14)2-3-9(10(12)15)13-11(16)8-4-5-17-6-8/h8-9H,2-6H2,1H3,(H2,12,15)(H,13,16)/t8-,9+/m1/s1. The van der Waals surface area contributed by atoms with Crippen molar-refractivity contribution in [3.63, 3.8) is 0 Å². The Hall–Kier alpha value is -1.43. The number of rotatable bonds is 6. The Morgan fingerprint density at radius 2 is 2.18 bits per heavy atom. The van der Waals surface area contributed by atoms with Gasteiger partial charge in [0.15, 0.2) is 0 Å². The number of primary amides is 1. The largest absolute Gasteiger partial charge is 0.381 e. The Labute approximate surface area is 99.9 Å². The molecule has 3 N–H and O–H groups in total. The molecule has 1 rings (SSSR count). The molecule has 0 aromatic heterocycles. The quantitative estimate of drug-likeness (QED) is 0.647. The fourth-order valence-electron chi connectivity index (χ4n) is 1.66. The maximum atomic E-state index is 11.7. The van der Waals surface area contributed by atoms with Crippen LogP contribution in [-0.2, 0) is 19.1 Å². The van der Waals surface area contributed by atoms with Crippen LogP contribution < -0.4 is 11.1 Å². The fraction of sp³-hybridized carbons (Fsp3) is 0.727. The Bertz CT molecular complexity index is 311. The number of carbonyl (C=O) groups excluding carboxylic acids is 3. The molecule has 1 aliphatic rings. The third-order valence-electron chi connectivity index (χ3n) is 2.75. The van der Waals surface area contributed by atoms with Gasteiger partial charge >= 0.3 is 0 Å². The number of carbonyl (C=O) groups is 3. The van der Waals surface area contributed by atoms with Gasteiger partial charge in [-0.2, -0.15) is 0 Å². The minimum absolute atomic E-state index is 0.0327. The molecule has 0 aliphatic carbocycles. The summed E-state index contributed by atoms with van der Waals surface area (Å²) in [6.45, 7) is 2.38. The molecule has 96 valence electrons. The van der Waals surface area contributed by atoms with E-state index < -0.39 is 11.9 Å². The highest BCUT2D eigenvalue weighted by molar-refractivity contribution is 5.88. The first-order valence-corrected chi connectivity index (χ1v) is 5.67. The third-order valence-corrected chi connectivity index (χ3v) is 2.75. The fourth-order valence-corrected chi connectivity index (χ4v) is 1.66. The number of ketones is 1. The maximum Gasteiger partial charge on any atom is 0.240 e. The van der Waals surface area contributed by atoms with Gasteiger partial charge in [0.1, 0.15) is 11.8 Å². The average molecular weight is 242 g/mol. The zero-order valence-electron chi connectivity index (χ0n) is 9.90. The molecule has 0 bridgehead atoms. The van der Waals surface area contributed by atoms with E-state index in [0.29, 0.717) is 19.6 Å². The number of Topliss-reactive ketones (excluding diaryl/α,β-unsaturated/α-hetero) is 1. The summed E-state index contributed by atoms with van der Waals surface area (Å²) in [5.74, 6) is -1.09. The SMILES string of the molecule is CC(=O)CC[C@H](NC(=O)[C@@H]1CCOC1)C(N)=O. The summed E-state index contributed by atoms with van der Waals surface area (Å²) in [5, 5.41) is 2.57. The van der Waals surface area contributed by atoms with Crippen molar-refractivity contribution in [3.8, 4) is 0 Å². The van der Waals surface area contributed by atoms with Gasteiger partial charge in [0.05, 0.1) is 12.5 Å². The molecular weight excluding hydrogens is 224 g/mol. The normalized spacial score (nSPS) is 20.9. The summed E-state index contributed by atoms with van der Waals surface area (Å²) in [5.41, 5.74) is 5.17. The van der Waals surface area contributed by atoms with E-state index in [2.05, 4.69) is 5.32 Å². The van der Waals surface area contributed by atoms with Crippen molar-refractivity contribution in [1.82, 2.24) is 5.32 Å². The summed E-state index contributed by atoms with van der Waals surface area (Å²) in [7, 11) is 0. The second kappa shape index (κ2) is 6.34. The van der Waals surface area contributed by atoms with Crippen LogP contribution in [0.2, 0.25) is 0 Å². The van der Waals surface area contributed by atoms with Crippen LogP contribution in [0.5, 0.6) is 0 Å². The molecule has 0 spiro atoms. The number of amides is 2. The predicted molar refractivity (Wildman–Crippen MR) is 60.0 cm³/mol. The van der Waals surface area contributed by atoms with Gasteiger partial charge in [-0.1, -0.05) is 0 Å². The van der Waals surface area contributed by atoms with E-state index in [1.165, 1.54) is 6.92 Å². The molecule has 1 saturated heterocycles. The second-order valence-electron chi connectivity index (χ2n) is 4.26. The third kappa shape index (κ3) is 4.52. The number of nitrogens with one attached hydrogen (secondary N) is 1. The summed E-state index contributed by atoms with van der Waals surface area (Å²) < 4.78 is 5.09. The molecule has 0 radical (unpaired) electrons. The van der Waals surface area contributed by atoms with Gasteiger partial charge in [0.2, 0.25) is 11.8 Å². The topological polar surface area (TPSA) is 98.5 Å². The number of nitrogens with two attached hydrogens (primary N) is 1. The van der Waals surface area contributed by atoms with Crippen LogP contribution in [0.3, 0.4) is 0 Å². The molecule has 0 aromatic carbocycles. The molecule has 0 saturated carbocycles. The van der Waals surface area contributed by atoms with Crippen LogP contribution in [0.25, 0.3) is 0 Å². The van der Waals surface area contributed by atoms with E-state index >= 15 is 0 Å². The van der Waals surface area contributed by atoms with Gasteiger partial charge in [-0.25, -0.2) is 0 Å². The molecule has 6 nitrogen and oxygen atoms in total. The monoisotopic (exact) mass is 242 g/mol. The van der Waals surface area contributed by atoms with E-state index in [4.69, 9.17) is 10.5 Å². The highest BCUT2D eigenvalue weighted by atomic mass is 16.5. The molecule has 1 aliphatic heterocycles. The van der Waals surface area contributed by atoms with E-state index in [1.807, 2.05) is 0 Å². The van der Waals surface area contributed by atoms with E-state index in [-0.39, 0.29) is 30.4 Å². The van der Waals surface area contributed by atoms with Crippen molar-refractivity contribution >= 4 is 17.6 Å².